The van der Waals surface area contributed by atoms with Crippen molar-refractivity contribution in [1.82, 2.24) is 20.0 Å². The molecule has 2 N–H and O–H groups in total. The summed E-state index contributed by atoms with van der Waals surface area (Å²) in [5.74, 6) is -0.758. The average molecular weight is 351 g/mol. The number of carbonyl (C=O) groups excluding carboxylic acids is 1. The average Bonchev–Trinajstić information content (AvgIpc) is 3.17. The van der Waals surface area contributed by atoms with Gasteiger partial charge in [0.1, 0.15) is 6.54 Å². The van der Waals surface area contributed by atoms with Crippen molar-refractivity contribution in [2.24, 2.45) is 5.92 Å². The van der Waals surface area contributed by atoms with Gasteiger partial charge in [-0.1, -0.05) is 0 Å². The van der Waals surface area contributed by atoms with Crippen LogP contribution in [0.1, 0.15) is 25.7 Å². The molecule has 0 radical (unpaired) electrons. The van der Waals surface area contributed by atoms with Crippen LogP contribution in [0.2, 0.25) is 0 Å². The van der Waals surface area contributed by atoms with Crippen molar-refractivity contribution in [1.29, 1.82) is 0 Å². The summed E-state index contributed by atoms with van der Waals surface area (Å²) in [5.41, 5.74) is 0. The number of nitrogens with one attached hydrogen (secondary N) is 1. The molecule has 1 amide bonds. The minimum Gasteiger partial charge on any atom is -0.480 e. The third kappa shape index (κ3) is 4.75. The highest BCUT2D eigenvalue weighted by molar-refractivity contribution is 5.76. The number of carboxylic acids is 1. The van der Waals surface area contributed by atoms with Crippen LogP contribution in [-0.2, 0) is 16.1 Å². The first-order valence-electron chi connectivity index (χ1n) is 8.33. The van der Waals surface area contributed by atoms with Crippen molar-refractivity contribution in [2.75, 3.05) is 13.1 Å². The Hall–Kier alpha value is -2.49. The van der Waals surface area contributed by atoms with Crippen LogP contribution >= 0.6 is 0 Å². The van der Waals surface area contributed by atoms with Gasteiger partial charge in [0, 0.05) is 18.6 Å². The summed E-state index contributed by atoms with van der Waals surface area (Å²) >= 11 is 0. The molecule has 2 aliphatic carbocycles. The maximum atomic E-state index is 12.0. The summed E-state index contributed by atoms with van der Waals surface area (Å²) in [4.78, 5) is 35.0. The number of nitrogens with zero attached hydrogens (tertiary/aromatic N) is 4. The highest BCUT2D eigenvalue weighted by Crippen LogP contribution is 2.33. The molecule has 0 aliphatic heterocycles. The number of hydrogen-bond acceptors (Lipinski definition) is 6. The third-order valence-electron chi connectivity index (χ3n) is 4.64. The second kappa shape index (κ2) is 7.18. The van der Waals surface area contributed by atoms with Crippen molar-refractivity contribution in [3.8, 4) is 0 Å². The van der Waals surface area contributed by atoms with Gasteiger partial charge in [-0.05, 0) is 36.5 Å². The topological polar surface area (TPSA) is 131 Å². The number of hydrogen-bond donors (Lipinski definition) is 2. The number of carbonyl (C=O) groups is 2. The van der Waals surface area contributed by atoms with E-state index in [2.05, 4.69) is 10.4 Å². The van der Waals surface area contributed by atoms with E-state index in [1.54, 1.807) is 0 Å². The number of amides is 1. The van der Waals surface area contributed by atoms with E-state index in [1.165, 1.54) is 29.8 Å². The lowest BCUT2D eigenvalue weighted by Crippen LogP contribution is -2.55. The molecule has 25 heavy (non-hydrogen) atoms. The van der Waals surface area contributed by atoms with Crippen molar-refractivity contribution >= 4 is 17.7 Å². The molecule has 0 saturated heterocycles. The fourth-order valence-corrected chi connectivity index (χ4v) is 3.11. The molecule has 10 nitrogen and oxygen atoms in total. The molecule has 0 unspecified atom stereocenters. The second-order valence-electron chi connectivity index (χ2n) is 6.78. The van der Waals surface area contributed by atoms with E-state index in [1.807, 2.05) is 4.90 Å². The molecule has 1 heterocycles. The Balaban J connectivity index is 1.42. The molecule has 0 bridgehead atoms. The molecule has 1 aromatic heterocycles. The Bertz CT molecular complexity index is 665. The highest BCUT2D eigenvalue weighted by Gasteiger charge is 2.37. The number of nitro groups is 1. The van der Waals surface area contributed by atoms with E-state index in [-0.39, 0.29) is 36.9 Å². The summed E-state index contributed by atoms with van der Waals surface area (Å²) in [7, 11) is 0. The zero-order valence-corrected chi connectivity index (χ0v) is 13.7. The minimum atomic E-state index is -0.826. The van der Waals surface area contributed by atoms with Gasteiger partial charge in [-0.3, -0.25) is 14.5 Å². The SMILES string of the molecule is O=C(O)CN(CC1CC1)C1CC(NC(=O)Cn2ccc([N+](=O)[O-])n2)C1. The lowest BCUT2D eigenvalue weighted by atomic mass is 9.85. The van der Waals surface area contributed by atoms with Crippen molar-refractivity contribution in [3.63, 3.8) is 0 Å². The van der Waals surface area contributed by atoms with E-state index in [4.69, 9.17) is 5.11 Å². The van der Waals surface area contributed by atoms with Gasteiger partial charge < -0.3 is 20.5 Å². The van der Waals surface area contributed by atoms with Gasteiger partial charge in [0.05, 0.1) is 23.9 Å². The summed E-state index contributed by atoms with van der Waals surface area (Å²) < 4.78 is 1.23. The van der Waals surface area contributed by atoms with E-state index in [9.17, 15) is 19.7 Å². The Morgan fingerprint density at radius 1 is 1.44 bits per heavy atom. The number of carboxylic acid groups (broad SMARTS) is 1. The lowest BCUT2D eigenvalue weighted by Gasteiger charge is -2.42. The maximum absolute atomic E-state index is 12.0. The normalized spacial score (nSPS) is 22.4. The molecule has 0 spiro atoms. The molecule has 3 rings (SSSR count). The zero-order chi connectivity index (χ0) is 18.0. The van der Waals surface area contributed by atoms with Gasteiger partial charge in [0.15, 0.2) is 0 Å². The van der Waals surface area contributed by atoms with Gasteiger partial charge in [0.25, 0.3) is 0 Å². The standard InChI is InChI=1S/C15H21N5O5/c21-14(8-19-4-3-13(17-19)20(24)25)16-11-5-12(6-11)18(9-15(22)23)7-10-1-2-10/h3-4,10-12H,1-2,5-9H2,(H,16,21)(H,22,23). The third-order valence-corrected chi connectivity index (χ3v) is 4.64. The second-order valence-corrected chi connectivity index (χ2v) is 6.78. The van der Waals surface area contributed by atoms with Crippen LogP contribution in [0.25, 0.3) is 0 Å². The fraction of sp³-hybridized carbons (Fsp3) is 0.667. The first-order valence-corrected chi connectivity index (χ1v) is 8.33. The first-order chi connectivity index (χ1) is 11.9. The van der Waals surface area contributed by atoms with Crippen molar-refractivity contribution < 1.29 is 19.6 Å². The fourth-order valence-electron chi connectivity index (χ4n) is 3.11. The molecule has 0 aromatic carbocycles. The van der Waals surface area contributed by atoms with Gasteiger partial charge >= 0.3 is 11.8 Å². The summed E-state index contributed by atoms with van der Waals surface area (Å²) in [5, 5.41) is 26.2. The van der Waals surface area contributed by atoms with E-state index < -0.39 is 10.9 Å². The molecule has 10 heteroatoms. The largest absolute Gasteiger partial charge is 0.480 e. The summed E-state index contributed by atoms with van der Waals surface area (Å²) in [6.07, 6.45) is 5.18. The predicted molar refractivity (Wildman–Crippen MR) is 85.8 cm³/mol. The van der Waals surface area contributed by atoms with E-state index >= 15 is 0 Å². The Kier molecular flexibility index (Phi) is 4.98. The molecule has 2 saturated carbocycles. The highest BCUT2D eigenvalue weighted by atomic mass is 16.6. The molecule has 1 aromatic rings. The van der Waals surface area contributed by atoms with Gasteiger partial charge in [0.2, 0.25) is 5.91 Å². The Morgan fingerprint density at radius 2 is 2.16 bits per heavy atom. The monoisotopic (exact) mass is 351 g/mol. The van der Waals surface area contributed by atoms with E-state index in [0.717, 1.165) is 19.4 Å². The Labute approximate surface area is 143 Å². The van der Waals surface area contributed by atoms with Crippen molar-refractivity contribution in [3.05, 3.63) is 22.4 Å². The molecular weight excluding hydrogens is 330 g/mol. The molecule has 136 valence electrons. The van der Waals surface area contributed by atoms with Crippen LogP contribution in [0, 0.1) is 16.0 Å². The van der Waals surface area contributed by atoms with Crippen LogP contribution in [-0.4, -0.2) is 61.8 Å². The minimum absolute atomic E-state index is 0.0125. The zero-order valence-electron chi connectivity index (χ0n) is 13.7. The van der Waals surface area contributed by atoms with Gasteiger partial charge in [-0.2, -0.15) is 4.68 Å². The first kappa shape index (κ1) is 17.3. The van der Waals surface area contributed by atoms with E-state index in [0.29, 0.717) is 5.92 Å². The summed E-state index contributed by atoms with van der Waals surface area (Å²) in [6, 6.07) is 1.44. The van der Waals surface area contributed by atoms with Gasteiger partial charge in [-0.15, -0.1) is 0 Å². The quantitative estimate of drug-likeness (QED) is 0.481. The predicted octanol–water partition coefficient (Wildman–Crippen LogP) is 0.235. The van der Waals surface area contributed by atoms with Crippen LogP contribution in [0.15, 0.2) is 12.3 Å². The molecule has 0 atom stereocenters. The van der Waals surface area contributed by atoms with Crippen LogP contribution in [0.4, 0.5) is 5.82 Å². The Morgan fingerprint density at radius 3 is 2.72 bits per heavy atom. The smallest absolute Gasteiger partial charge is 0.389 e. The van der Waals surface area contributed by atoms with Crippen LogP contribution < -0.4 is 5.32 Å². The number of rotatable bonds is 9. The molecular formula is C15H21N5O5. The van der Waals surface area contributed by atoms with Crippen LogP contribution in [0.5, 0.6) is 0 Å². The lowest BCUT2D eigenvalue weighted by molar-refractivity contribution is -0.389. The molecule has 2 aliphatic rings. The van der Waals surface area contributed by atoms with Gasteiger partial charge in [-0.25, -0.2) is 0 Å². The maximum Gasteiger partial charge on any atom is 0.389 e. The molecule has 2 fully saturated rings. The number of aliphatic carboxylic acids is 1. The number of aromatic nitrogens is 2. The van der Waals surface area contributed by atoms with Crippen LogP contribution in [0.3, 0.4) is 0 Å². The van der Waals surface area contributed by atoms with Crippen molar-refractivity contribution in [2.45, 2.75) is 44.3 Å². The summed E-state index contributed by atoms with van der Waals surface area (Å²) in [6.45, 7) is 0.781.